The number of anilines is 1. The third kappa shape index (κ3) is 8.13. The van der Waals surface area contributed by atoms with Crippen LogP contribution in [0.3, 0.4) is 0 Å². The highest BCUT2D eigenvalue weighted by atomic mass is 35.5. The lowest BCUT2D eigenvalue weighted by molar-refractivity contribution is -0.141. The monoisotopic (exact) mass is 623 g/mol. The summed E-state index contributed by atoms with van der Waals surface area (Å²) in [5.74, 6) is -0.940. The predicted molar refractivity (Wildman–Crippen MR) is 161 cm³/mol. The van der Waals surface area contributed by atoms with Gasteiger partial charge in [0, 0.05) is 17.1 Å². The molecule has 0 fully saturated rings. The first-order valence-electron chi connectivity index (χ1n) is 12.6. The van der Waals surface area contributed by atoms with Crippen LogP contribution in [-0.2, 0) is 26.2 Å². The van der Waals surface area contributed by atoms with Crippen LogP contribution in [0, 0.1) is 0 Å². The molecule has 214 valence electrons. The second kappa shape index (κ2) is 13.3. The van der Waals surface area contributed by atoms with Gasteiger partial charge >= 0.3 is 0 Å². The Morgan fingerprint density at radius 1 is 0.900 bits per heavy atom. The summed E-state index contributed by atoms with van der Waals surface area (Å²) in [6.07, 6.45) is 0.289. The Kier molecular flexibility index (Phi) is 10.5. The van der Waals surface area contributed by atoms with Gasteiger partial charge in [0.15, 0.2) is 0 Å². The van der Waals surface area contributed by atoms with Gasteiger partial charge in [0.1, 0.15) is 12.6 Å². The van der Waals surface area contributed by atoms with Crippen molar-refractivity contribution >= 4 is 62.3 Å². The number of benzene rings is 3. The number of rotatable bonds is 10. The van der Waals surface area contributed by atoms with Crippen LogP contribution in [0.25, 0.3) is 0 Å². The van der Waals surface area contributed by atoms with Crippen molar-refractivity contribution in [2.24, 2.45) is 0 Å². The Morgan fingerprint density at radius 2 is 1.57 bits per heavy atom. The summed E-state index contributed by atoms with van der Waals surface area (Å²) in [5, 5.41) is 3.88. The lowest BCUT2D eigenvalue weighted by Crippen LogP contribution is -2.55. The molecule has 0 bridgehead atoms. The van der Waals surface area contributed by atoms with Gasteiger partial charge in [-0.2, -0.15) is 0 Å². The third-order valence-corrected chi connectivity index (χ3v) is 8.69. The summed E-state index contributed by atoms with van der Waals surface area (Å²) < 4.78 is 28.6. The van der Waals surface area contributed by atoms with Gasteiger partial charge in [0.2, 0.25) is 11.8 Å². The molecule has 3 aromatic rings. The summed E-state index contributed by atoms with van der Waals surface area (Å²) in [6.45, 7) is 6.75. The average molecular weight is 625 g/mol. The minimum Gasteiger partial charge on any atom is -0.350 e. The topological polar surface area (TPSA) is 86.8 Å². The Bertz CT molecular complexity index is 1460. The highest BCUT2D eigenvalue weighted by Gasteiger charge is 2.34. The van der Waals surface area contributed by atoms with Crippen molar-refractivity contribution in [1.29, 1.82) is 0 Å². The van der Waals surface area contributed by atoms with E-state index in [0.717, 1.165) is 4.31 Å². The maximum absolute atomic E-state index is 14.1. The van der Waals surface area contributed by atoms with Crippen molar-refractivity contribution in [1.82, 2.24) is 10.2 Å². The fourth-order valence-corrected chi connectivity index (χ4v) is 6.02. The van der Waals surface area contributed by atoms with Crippen LogP contribution >= 0.6 is 34.8 Å². The predicted octanol–water partition coefficient (Wildman–Crippen LogP) is 6.56. The van der Waals surface area contributed by atoms with Crippen molar-refractivity contribution in [3.05, 3.63) is 93.4 Å². The molecule has 1 N–H and O–H groups in total. The van der Waals surface area contributed by atoms with Gasteiger partial charge in [-0.3, -0.25) is 13.9 Å². The quantitative estimate of drug-likeness (QED) is 0.277. The molecule has 0 aliphatic carbocycles. The molecule has 0 aliphatic heterocycles. The van der Waals surface area contributed by atoms with E-state index in [9.17, 15) is 18.0 Å². The number of hydrogen-bond donors (Lipinski definition) is 1. The third-order valence-electron chi connectivity index (χ3n) is 5.93. The maximum Gasteiger partial charge on any atom is 0.264 e. The minimum absolute atomic E-state index is 0.000558. The Morgan fingerprint density at radius 3 is 2.15 bits per heavy atom. The molecule has 3 rings (SSSR count). The van der Waals surface area contributed by atoms with E-state index in [1.165, 1.54) is 23.1 Å². The summed E-state index contributed by atoms with van der Waals surface area (Å²) >= 11 is 18.5. The Hall–Kier alpha value is -2.78. The van der Waals surface area contributed by atoms with E-state index in [4.69, 9.17) is 34.8 Å². The zero-order chi connectivity index (χ0) is 29.7. The molecular formula is C29H32Cl3N3O4S. The number of carbonyl (C=O) groups excluding carboxylic acids is 2. The minimum atomic E-state index is -4.18. The van der Waals surface area contributed by atoms with Gasteiger partial charge < -0.3 is 10.2 Å². The number of sulfonamides is 1. The molecule has 0 aliphatic rings. The standard InChI is InChI=1S/C29H32Cl3N3O4S/c1-5-26(28(37)33-29(2,3)4)34(18-20-14-15-24(31)25(32)16-20)27(36)19-35(22-11-9-10-21(30)17-22)40(38,39)23-12-7-6-8-13-23/h6-17,26H,5,18-19H2,1-4H3,(H,33,37). The van der Waals surface area contributed by atoms with Gasteiger partial charge in [0.05, 0.1) is 20.6 Å². The molecule has 0 radical (unpaired) electrons. The van der Waals surface area contributed by atoms with Crippen LogP contribution in [0.5, 0.6) is 0 Å². The fraction of sp³-hybridized carbons (Fsp3) is 0.310. The summed E-state index contributed by atoms with van der Waals surface area (Å²) in [6, 6.07) is 18.1. The molecule has 0 saturated carbocycles. The van der Waals surface area contributed by atoms with E-state index < -0.39 is 34.1 Å². The first kappa shape index (κ1) is 31.7. The molecular weight excluding hydrogens is 593 g/mol. The molecule has 40 heavy (non-hydrogen) atoms. The normalized spacial score (nSPS) is 12.5. The lowest BCUT2D eigenvalue weighted by Gasteiger charge is -2.34. The molecule has 3 aromatic carbocycles. The number of halogens is 3. The van der Waals surface area contributed by atoms with Gasteiger partial charge in [-0.1, -0.05) is 72.1 Å². The number of nitrogens with one attached hydrogen (secondary N) is 1. The molecule has 1 atom stereocenters. The van der Waals surface area contributed by atoms with Crippen LogP contribution in [0.4, 0.5) is 5.69 Å². The molecule has 1 unspecified atom stereocenters. The number of hydrogen-bond acceptors (Lipinski definition) is 4. The molecule has 11 heteroatoms. The van der Waals surface area contributed by atoms with Gasteiger partial charge in [-0.25, -0.2) is 8.42 Å². The van der Waals surface area contributed by atoms with Crippen LogP contribution in [0.15, 0.2) is 77.7 Å². The zero-order valence-corrected chi connectivity index (χ0v) is 25.8. The first-order valence-corrected chi connectivity index (χ1v) is 15.2. The largest absolute Gasteiger partial charge is 0.350 e. The van der Waals surface area contributed by atoms with E-state index in [-0.39, 0.29) is 29.5 Å². The molecule has 0 spiro atoms. The summed E-state index contributed by atoms with van der Waals surface area (Å²) in [7, 11) is -4.18. The second-order valence-electron chi connectivity index (χ2n) is 10.2. The van der Waals surface area contributed by atoms with Gasteiger partial charge in [-0.05, 0) is 75.2 Å². The summed E-state index contributed by atoms with van der Waals surface area (Å²) in [5.41, 5.74) is 0.295. The van der Waals surface area contributed by atoms with Crippen molar-refractivity contribution in [3.63, 3.8) is 0 Å². The van der Waals surface area contributed by atoms with Crippen LogP contribution in [0.2, 0.25) is 15.1 Å². The number of carbonyl (C=O) groups is 2. The lowest BCUT2D eigenvalue weighted by atomic mass is 10.1. The van der Waals surface area contributed by atoms with E-state index in [1.807, 2.05) is 20.8 Å². The first-order chi connectivity index (χ1) is 18.7. The average Bonchev–Trinajstić information content (AvgIpc) is 2.88. The molecule has 2 amide bonds. The zero-order valence-electron chi connectivity index (χ0n) is 22.7. The highest BCUT2D eigenvalue weighted by Crippen LogP contribution is 2.28. The maximum atomic E-state index is 14.1. The van der Waals surface area contributed by atoms with Crippen LogP contribution in [0.1, 0.15) is 39.7 Å². The van der Waals surface area contributed by atoms with Crippen LogP contribution in [-0.4, -0.2) is 43.3 Å². The van der Waals surface area contributed by atoms with Gasteiger partial charge in [-0.15, -0.1) is 0 Å². The van der Waals surface area contributed by atoms with Crippen molar-refractivity contribution in [3.8, 4) is 0 Å². The molecule has 0 saturated heterocycles. The van der Waals surface area contributed by atoms with E-state index in [0.29, 0.717) is 20.6 Å². The molecule has 0 aromatic heterocycles. The highest BCUT2D eigenvalue weighted by molar-refractivity contribution is 7.92. The Labute approximate surface area is 251 Å². The van der Waals surface area contributed by atoms with E-state index >= 15 is 0 Å². The van der Waals surface area contributed by atoms with E-state index in [1.54, 1.807) is 61.5 Å². The second-order valence-corrected chi connectivity index (χ2v) is 13.4. The van der Waals surface area contributed by atoms with Gasteiger partial charge in [0.25, 0.3) is 10.0 Å². The van der Waals surface area contributed by atoms with Crippen molar-refractivity contribution in [2.45, 2.75) is 57.1 Å². The number of amides is 2. The van der Waals surface area contributed by atoms with Crippen molar-refractivity contribution < 1.29 is 18.0 Å². The summed E-state index contributed by atoms with van der Waals surface area (Å²) in [4.78, 5) is 28.8. The van der Waals surface area contributed by atoms with E-state index in [2.05, 4.69) is 5.32 Å². The smallest absolute Gasteiger partial charge is 0.264 e. The van der Waals surface area contributed by atoms with Crippen molar-refractivity contribution in [2.75, 3.05) is 10.8 Å². The molecule has 0 heterocycles. The SMILES string of the molecule is CCC(C(=O)NC(C)(C)C)N(Cc1ccc(Cl)c(Cl)c1)C(=O)CN(c1cccc(Cl)c1)S(=O)(=O)c1ccccc1. The van der Waals surface area contributed by atoms with Crippen LogP contribution < -0.4 is 9.62 Å². The molecule has 7 nitrogen and oxygen atoms in total. The Balaban J connectivity index is 2.08. The number of nitrogens with zero attached hydrogens (tertiary/aromatic N) is 2. The fourth-order valence-electron chi connectivity index (χ4n) is 4.09.